The number of halogens is 1. The molecular formula is C19H21FN4O4. The van der Waals surface area contributed by atoms with E-state index in [1.807, 2.05) is 0 Å². The highest BCUT2D eigenvalue weighted by atomic mass is 19.1. The van der Waals surface area contributed by atoms with Gasteiger partial charge in [-0.2, -0.15) is 0 Å². The third-order valence-electron chi connectivity index (χ3n) is 4.55. The van der Waals surface area contributed by atoms with Gasteiger partial charge in [0.15, 0.2) is 0 Å². The first-order chi connectivity index (χ1) is 13.3. The number of nitrogens with zero attached hydrogens (tertiary/aromatic N) is 1. The summed E-state index contributed by atoms with van der Waals surface area (Å²) in [6.45, 7) is 3.45. The summed E-state index contributed by atoms with van der Waals surface area (Å²) in [4.78, 5) is 35.6. The summed E-state index contributed by atoms with van der Waals surface area (Å²) in [7, 11) is 0. The van der Waals surface area contributed by atoms with E-state index >= 15 is 0 Å². The molecule has 1 aromatic heterocycles. The Hall–Kier alpha value is -3.23. The predicted molar refractivity (Wildman–Crippen MR) is 97.0 cm³/mol. The van der Waals surface area contributed by atoms with Gasteiger partial charge in [-0.05, 0) is 37.1 Å². The maximum atomic E-state index is 13.0. The fourth-order valence-electron chi connectivity index (χ4n) is 2.71. The van der Waals surface area contributed by atoms with E-state index in [1.54, 1.807) is 26.0 Å². The molecule has 8 nitrogen and oxygen atoms in total. The maximum absolute atomic E-state index is 13.0. The molecule has 148 valence electrons. The second-order valence-corrected chi connectivity index (χ2v) is 7.06. The molecular weight excluding hydrogens is 367 g/mol. The van der Waals surface area contributed by atoms with E-state index < -0.39 is 5.91 Å². The van der Waals surface area contributed by atoms with Gasteiger partial charge in [0, 0.05) is 29.5 Å². The molecule has 1 saturated carbocycles. The Balaban J connectivity index is 1.46. The summed E-state index contributed by atoms with van der Waals surface area (Å²) in [6.07, 6.45) is 0.933. The van der Waals surface area contributed by atoms with Gasteiger partial charge in [-0.25, -0.2) is 4.39 Å². The quantitative estimate of drug-likeness (QED) is 0.676. The molecule has 1 aliphatic rings. The molecule has 1 aliphatic carbocycles. The van der Waals surface area contributed by atoms with Crippen molar-refractivity contribution in [1.29, 1.82) is 0 Å². The van der Waals surface area contributed by atoms with Crippen molar-refractivity contribution in [1.82, 2.24) is 21.3 Å². The highest BCUT2D eigenvalue weighted by molar-refractivity contribution is 5.93. The number of carbonyl (C=O) groups is 3. The molecule has 1 aromatic carbocycles. The van der Waals surface area contributed by atoms with Crippen molar-refractivity contribution in [3.63, 3.8) is 0 Å². The van der Waals surface area contributed by atoms with Crippen LogP contribution in [0.5, 0.6) is 0 Å². The van der Waals surface area contributed by atoms with Crippen LogP contribution in [-0.2, 0) is 9.59 Å². The third kappa shape index (κ3) is 4.54. The summed E-state index contributed by atoms with van der Waals surface area (Å²) < 4.78 is 18.0. The maximum Gasteiger partial charge on any atom is 0.290 e. The molecule has 0 saturated heterocycles. The Kier molecular flexibility index (Phi) is 5.72. The number of hydrazine groups is 1. The van der Waals surface area contributed by atoms with Crippen molar-refractivity contribution in [3.8, 4) is 11.3 Å². The zero-order valence-electron chi connectivity index (χ0n) is 15.5. The minimum atomic E-state index is -0.433. The number of rotatable bonds is 5. The van der Waals surface area contributed by atoms with E-state index in [0.29, 0.717) is 24.1 Å². The van der Waals surface area contributed by atoms with Gasteiger partial charge in [0.2, 0.25) is 17.6 Å². The summed E-state index contributed by atoms with van der Waals surface area (Å²) in [5.41, 5.74) is 5.81. The molecule has 0 radical (unpaired) electrons. The fraction of sp³-hybridized carbons (Fsp3) is 0.368. The van der Waals surface area contributed by atoms with Gasteiger partial charge < -0.3 is 9.84 Å². The van der Waals surface area contributed by atoms with E-state index in [-0.39, 0.29) is 41.3 Å². The molecule has 1 fully saturated rings. The van der Waals surface area contributed by atoms with Crippen molar-refractivity contribution in [2.24, 2.45) is 11.8 Å². The first-order valence-corrected chi connectivity index (χ1v) is 8.96. The van der Waals surface area contributed by atoms with Crippen molar-refractivity contribution < 1.29 is 23.3 Å². The number of hydrogen-bond acceptors (Lipinski definition) is 5. The number of amides is 3. The number of hydrogen-bond donors (Lipinski definition) is 3. The first kappa shape index (κ1) is 19.5. The zero-order chi connectivity index (χ0) is 20.3. The molecule has 0 bridgehead atoms. The van der Waals surface area contributed by atoms with E-state index in [4.69, 9.17) is 4.52 Å². The standard InChI is InChI=1S/C19H21FN4O4/c1-10(2)17(25)22-23-18(26)12-7-14(8-12)21-19(27)16-9-15(24-28-16)11-3-5-13(20)6-4-11/h3-6,9-10,12,14H,7-8H2,1-2H3,(H,21,27)(H,22,25)(H,23,26). The van der Waals surface area contributed by atoms with Gasteiger partial charge in [-0.3, -0.25) is 25.2 Å². The molecule has 9 heteroatoms. The summed E-state index contributed by atoms with van der Waals surface area (Å²) in [5.74, 6) is -1.80. The number of carbonyl (C=O) groups excluding carboxylic acids is 3. The van der Waals surface area contributed by atoms with Crippen LogP contribution in [0.25, 0.3) is 11.3 Å². The number of benzene rings is 1. The Morgan fingerprint density at radius 2 is 1.82 bits per heavy atom. The number of aromatic nitrogens is 1. The summed E-state index contributed by atoms with van der Waals surface area (Å²) >= 11 is 0. The molecule has 0 spiro atoms. The monoisotopic (exact) mass is 388 g/mol. The minimum Gasteiger partial charge on any atom is -0.350 e. The van der Waals surface area contributed by atoms with Crippen LogP contribution < -0.4 is 16.2 Å². The second kappa shape index (κ2) is 8.20. The van der Waals surface area contributed by atoms with Gasteiger partial charge in [-0.15, -0.1) is 0 Å². The topological polar surface area (TPSA) is 113 Å². The lowest BCUT2D eigenvalue weighted by molar-refractivity contribution is -0.134. The first-order valence-electron chi connectivity index (χ1n) is 8.96. The van der Waals surface area contributed by atoms with Gasteiger partial charge in [0.05, 0.1) is 0 Å². The Labute approximate surface area is 160 Å². The SMILES string of the molecule is CC(C)C(=O)NNC(=O)C1CC(NC(=O)c2cc(-c3ccc(F)cc3)no2)C1. The van der Waals surface area contributed by atoms with Crippen LogP contribution >= 0.6 is 0 Å². The van der Waals surface area contributed by atoms with Gasteiger partial charge in [-0.1, -0.05) is 19.0 Å². The summed E-state index contributed by atoms with van der Waals surface area (Å²) in [5, 5.41) is 6.60. The molecule has 1 heterocycles. The zero-order valence-corrected chi connectivity index (χ0v) is 15.5. The Morgan fingerprint density at radius 3 is 2.46 bits per heavy atom. The van der Waals surface area contributed by atoms with E-state index in [9.17, 15) is 18.8 Å². The average Bonchev–Trinajstić information content (AvgIpc) is 3.12. The molecule has 2 aromatic rings. The van der Waals surface area contributed by atoms with Crippen LogP contribution in [0.4, 0.5) is 4.39 Å². The van der Waals surface area contributed by atoms with Crippen molar-refractivity contribution in [2.75, 3.05) is 0 Å². The van der Waals surface area contributed by atoms with Gasteiger partial charge >= 0.3 is 0 Å². The predicted octanol–water partition coefficient (Wildman–Crippen LogP) is 1.79. The van der Waals surface area contributed by atoms with E-state index in [0.717, 1.165) is 0 Å². The number of nitrogens with one attached hydrogen (secondary N) is 3. The lowest BCUT2D eigenvalue weighted by Gasteiger charge is -2.34. The van der Waals surface area contributed by atoms with Crippen molar-refractivity contribution in [3.05, 3.63) is 41.9 Å². The highest BCUT2D eigenvalue weighted by Crippen LogP contribution is 2.28. The van der Waals surface area contributed by atoms with Crippen LogP contribution in [0.3, 0.4) is 0 Å². The molecule has 28 heavy (non-hydrogen) atoms. The molecule has 0 atom stereocenters. The van der Waals surface area contributed by atoms with E-state index in [1.165, 1.54) is 18.2 Å². The Bertz CT molecular complexity index is 872. The normalized spacial score (nSPS) is 18.3. The fourth-order valence-corrected chi connectivity index (χ4v) is 2.71. The molecule has 3 rings (SSSR count). The molecule has 3 amide bonds. The molecule has 3 N–H and O–H groups in total. The molecule has 0 unspecified atom stereocenters. The lowest BCUT2D eigenvalue weighted by Crippen LogP contribution is -2.53. The smallest absolute Gasteiger partial charge is 0.290 e. The van der Waals surface area contributed by atoms with Crippen LogP contribution in [-0.4, -0.2) is 28.9 Å². The largest absolute Gasteiger partial charge is 0.350 e. The highest BCUT2D eigenvalue weighted by Gasteiger charge is 2.36. The van der Waals surface area contributed by atoms with Gasteiger partial charge in [0.25, 0.3) is 5.91 Å². The average molecular weight is 388 g/mol. The van der Waals surface area contributed by atoms with Crippen LogP contribution in [0.2, 0.25) is 0 Å². The van der Waals surface area contributed by atoms with Gasteiger partial charge in [0.1, 0.15) is 11.5 Å². The third-order valence-corrected chi connectivity index (χ3v) is 4.55. The minimum absolute atomic E-state index is 0.0384. The molecule has 0 aliphatic heterocycles. The van der Waals surface area contributed by atoms with Crippen molar-refractivity contribution >= 4 is 17.7 Å². The summed E-state index contributed by atoms with van der Waals surface area (Å²) in [6, 6.07) is 7.00. The Morgan fingerprint density at radius 1 is 1.14 bits per heavy atom. The second-order valence-electron chi connectivity index (χ2n) is 7.06. The van der Waals surface area contributed by atoms with Crippen LogP contribution in [0, 0.1) is 17.7 Å². The van der Waals surface area contributed by atoms with Crippen LogP contribution in [0.1, 0.15) is 37.2 Å². The van der Waals surface area contributed by atoms with Crippen LogP contribution in [0.15, 0.2) is 34.9 Å². The lowest BCUT2D eigenvalue weighted by atomic mass is 9.79. The van der Waals surface area contributed by atoms with Crippen molar-refractivity contribution in [2.45, 2.75) is 32.7 Å². The van der Waals surface area contributed by atoms with E-state index in [2.05, 4.69) is 21.3 Å².